The number of piperidine rings is 2. The molecule has 4 bridgehead atoms. The number of para-hydroxylation sites is 2. The second-order valence-corrected chi connectivity index (χ2v) is 39.1. The van der Waals surface area contributed by atoms with Gasteiger partial charge in [-0.15, -0.1) is 0 Å². The quantitative estimate of drug-likeness (QED) is 0.0167. The van der Waals surface area contributed by atoms with Crippen LogP contribution in [-0.4, -0.2) is 275 Å². The molecule has 2 saturated carbocycles. The maximum Gasteiger partial charge on any atom is 0.322 e. The third-order valence-electron chi connectivity index (χ3n) is 31.4. The number of methoxy groups -OCH3 is 4. The Balaban J connectivity index is 0.625. The first-order chi connectivity index (χ1) is 55.7. The zero-order chi connectivity index (χ0) is 81.4. The number of carbonyl (C=O) groups excluding carboxylic acids is 4. The fourth-order valence-corrected chi connectivity index (χ4v) is 28.7. The number of H-pyrrole nitrogens is 2. The molecule has 4 saturated heterocycles. The minimum Gasteiger partial charge on any atom is -0.496 e. The smallest absolute Gasteiger partial charge is 0.322 e. The van der Waals surface area contributed by atoms with Gasteiger partial charge >= 0.3 is 11.9 Å². The number of rotatable bonds is 19. The van der Waals surface area contributed by atoms with E-state index in [4.69, 9.17) is 18.9 Å². The van der Waals surface area contributed by atoms with Gasteiger partial charge in [0.1, 0.15) is 34.5 Å². The van der Waals surface area contributed by atoms with Crippen LogP contribution in [-0.2, 0) is 63.2 Å². The van der Waals surface area contributed by atoms with Crippen molar-refractivity contribution in [2.24, 2.45) is 22.7 Å². The number of aromatic nitrogens is 2. The van der Waals surface area contributed by atoms with E-state index in [2.05, 4.69) is 76.6 Å². The van der Waals surface area contributed by atoms with Gasteiger partial charge in [-0.05, 0) is 148 Å². The molecule has 2 spiro atoms. The molecular weight excluding hydrogens is 1510 g/mol. The summed E-state index contributed by atoms with van der Waals surface area (Å²) < 4.78 is 25.3. The zero-order valence-electron chi connectivity index (χ0n) is 68.7. The molecule has 2 aliphatic carbocycles. The highest BCUT2D eigenvalue weighted by molar-refractivity contribution is 8.76. The Bertz CT molecular complexity index is 4700. The molecule has 2 amide bonds. The first kappa shape index (κ1) is 79.9. The standard InChI is InChI=1S/C90H116N10O14S2/c1-11-81(107)45-53-47-87(79(105)113-9,69-57(25-35-97(49-53)51-81)55-21-15-17-23-63(55)93-69)61-41-59-65(43-67(61)111-7)95(5)73-85(59)29-37-99-33-19-27-83(13-3,71(85)99)75(101)89(73,109)77(103)91-31-39-115-116-40-32-92-78(104)90(110)74-86(30-38-100-34-20-28-84(14-4,72(86)100)76(90)102)60-42-62(68(112-8)44-66(60)96(74)6)88(80(106)114-10)48-54-46-82(108,12-2)52-98(50-54)36-26-58-56-22-16-18-24-64(56)94-70(58)88/h15-24,27-28,41-44,53-54,71-76,93-94,101-102,107-110H,11-14,25-26,29-40,45-52H2,1-10H3,(H,91,103)(H,92,104)/t53-,54-,71+,72+,73-,74-,75-,76-,81+,82+,83-,84-,85-,86-,87+,88+,89+,90+/m1/s1. The van der Waals surface area contributed by atoms with Crippen LogP contribution in [0.5, 0.6) is 11.5 Å². The number of aromatic amines is 2. The van der Waals surface area contributed by atoms with Crippen LogP contribution < -0.4 is 29.9 Å². The monoisotopic (exact) mass is 1620 g/mol. The molecular formula is C90H116N10O14S2. The number of aliphatic hydroxyl groups is 6. The normalized spacial score (nSPS) is 37.7. The number of anilines is 2. The summed E-state index contributed by atoms with van der Waals surface area (Å²) in [5, 5.41) is 87.6. The summed E-state index contributed by atoms with van der Waals surface area (Å²) in [4.78, 5) is 84.1. The number of hydrogen-bond acceptors (Lipinski definition) is 22. The number of esters is 2. The van der Waals surface area contributed by atoms with E-state index in [9.17, 15) is 30.6 Å². The molecule has 12 heterocycles. The van der Waals surface area contributed by atoms with Crippen molar-refractivity contribution in [1.29, 1.82) is 0 Å². The second kappa shape index (κ2) is 28.8. The van der Waals surface area contributed by atoms with Crippen LogP contribution in [0.15, 0.2) is 97.1 Å². The lowest BCUT2D eigenvalue weighted by Gasteiger charge is -2.63. The third-order valence-corrected chi connectivity index (χ3v) is 33.8. The highest BCUT2D eigenvalue weighted by Gasteiger charge is 2.81. The highest BCUT2D eigenvalue weighted by Crippen LogP contribution is 2.70. The van der Waals surface area contributed by atoms with E-state index in [0.29, 0.717) is 164 Å². The minimum absolute atomic E-state index is 0.113. The second-order valence-electron chi connectivity index (χ2n) is 36.4. The van der Waals surface area contributed by atoms with E-state index in [-0.39, 0.29) is 49.9 Å². The molecule has 622 valence electrons. The molecule has 12 aliphatic rings. The first-order valence-corrected chi connectivity index (χ1v) is 44.9. The van der Waals surface area contributed by atoms with Crippen LogP contribution in [0.25, 0.3) is 21.8 Å². The number of amides is 2. The molecule has 116 heavy (non-hydrogen) atoms. The Hall–Kier alpha value is -7.18. The lowest BCUT2D eigenvalue weighted by atomic mass is 9.47. The minimum atomic E-state index is -2.40. The van der Waals surface area contributed by atoms with Crippen molar-refractivity contribution in [2.75, 3.05) is 142 Å². The van der Waals surface area contributed by atoms with Crippen LogP contribution in [0, 0.1) is 22.7 Å². The van der Waals surface area contributed by atoms with Gasteiger partial charge in [-0.1, -0.05) is 110 Å². The summed E-state index contributed by atoms with van der Waals surface area (Å²) in [5.74, 6) is -1.05. The topological polar surface area (TPSA) is 302 Å². The van der Waals surface area contributed by atoms with Crippen molar-refractivity contribution >= 4 is 78.5 Å². The predicted molar refractivity (Wildman–Crippen MR) is 449 cm³/mol. The lowest BCUT2D eigenvalue weighted by molar-refractivity contribution is -0.203. The van der Waals surface area contributed by atoms with E-state index in [0.717, 1.165) is 66.8 Å². The van der Waals surface area contributed by atoms with Crippen molar-refractivity contribution in [3.8, 4) is 11.5 Å². The number of fused-ring (bicyclic) bond motifs is 12. The predicted octanol–water partition coefficient (Wildman–Crippen LogP) is 7.12. The maximum atomic E-state index is 15.8. The average molecular weight is 1630 g/mol. The van der Waals surface area contributed by atoms with E-state index in [1.165, 1.54) is 35.8 Å². The molecule has 4 aromatic carbocycles. The summed E-state index contributed by atoms with van der Waals surface area (Å²) in [6, 6.07) is 21.7. The first-order valence-electron chi connectivity index (χ1n) is 42.4. The summed E-state index contributed by atoms with van der Waals surface area (Å²) in [6.45, 7) is 14.5. The number of hydrogen-bond donors (Lipinski definition) is 10. The maximum absolute atomic E-state index is 15.8. The van der Waals surface area contributed by atoms with Crippen molar-refractivity contribution in [3.05, 3.63) is 142 Å². The Labute approximate surface area is 687 Å². The largest absolute Gasteiger partial charge is 0.496 e. The van der Waals surface area contributed by atoms with Crippen LogP contribution in [0.2, 0.25) is 0 Å². The summed E-state index contributed by atoms with van der Waals surface area (Å²) >= 11 is 0. The van der Waals surface area contributed by atoms with Crippen molar-refractivity contribution in [2.45, 2.75) is 185 Å². The van der Waals surface area contributed by atoms with E-state index in [1.54, 1.807) is 14.2 Å². The Kier molecular flexibility index (Phi) is 19.8. The molecule has 10 aliphatic heterocycles. The van der Waals surface area contributed by atoms with Crippen molar-refractivity contribution in [3.63, 3.8) is 0 Å². The van der Waals surface area contributed by atoms with Crippen LogP contribution in [0.1, 0.15) is 137 Å². The summed E-state index contributed by atoms with van der Waals surface area (Å²) in [6.07, 6.45) is 10.7. The van der Waals surface area contributed by atoms with Crippen LogP contribution in [0.4, 0.5) is 11.4 Å². The number of carbonyl (C=O) groups is 4. The highest BCUT2D eigenvalue weighted by atomic mass is 33.1. The molecule has 26 heteroatoms. The fourth-order valence-electron chi connectivity index (χ4n) is 26.9. The van der Waals surface area contributed by atoms with Crippen molar-refractivity contribution in [1.82, 2.24) is 40.2 Å². The SMILES string of the molecule is CC[C@]1(O)C[C@H]2CN(CCc3c([nH]c4ccccc34)[C@@](C(=O)OC)(c3cc4c(cc3OC)N(C)[C@H]3[C@@](O)(C(=O)NCCSSCCNC(=O)[C@@]5(O)[C@H](O)[C@]6(CC)C=CCN7CC[C@@]8(c9cc([C@@]%10(C(=O)OC)C[C@@H]%11CN(CCc%12c%10[nH]c%10ccccc%12%10)C[C@](O)(CC)C%11)c(OC)cc9N(C)[C@@H]58)[C@@H]76)[C@H](O)[C@]5(CC)C=CCN6CC[C@]43[C@@H]65)C2)C1. The van der Waals surface area contributed by atoms with Crippen LogP contribution in [0.3, 0.4) is 0 Å². The number of ether oxygens (including phenoxy) is 4. The summed E-state index contributed by atoms with van der Waals surface area (Å²) in [5.41, 5.74) is -4.44. The van der Waals surface area contributed by atoms with Gasteiger partial charge in [0.25, 0.3) is 11.8 Å². The molecule has 10 N–H and O–H groups in total. The molecule has 6 fully saturated rings. The number of likely N-dealkylation sites (N-methyl/N-ethyl adjacent to an activating group) is 2. The molecule has 2 unspecified atom stereocenters. The van der Waals surface area contributed by atoms with Crippen molar-refractivity contribution < 1.29 is 68.8 Å². The third kappa shape index (κ3) is 10.9. The fraction of sp³-hybridized carbons (Fsp3) is 0.600. The van der Waals surface area contributed by atoms with Crippen LogP contribution >= 0.6 is 21.6 Å². The van der Waals surface area contributed by atoms with Gasteiger partial charge in [-0.2, -0.15) is 0 Å². The zero-order valence-corrected chi connectivity index (χ0v) is 70.3. The Morgan fingerprint density at radius 1 is 0.526 bits per heavy atom. The molecule has 0 radical (unpaired) electrons. The van der Waals surface area contributed by atoms with Gasteiger partial charge in [0.2, 0.25) is 0 Å². The molecule has 6 aromatic rings. The van der Waals surface area contributed by atoms with Gasteiger partial charge in [0.05, 0.1) is 51.7 Å². The number of benzene rings is 4. The van der Waals surface area contributed by atoms with Gasteiger partial charge < -0.3 is 80.0 Å². The van der Waals surface area contributed by atoms with Gasteiger partial charge in [0, 0.05) is 193 Å². The van der Waals surface area contributed by atoms with Gasteiger partial charge in [-0.3, -0.25) is 38.8 Å². The number of nitrogens with one attached hydrogen (secondary N) is 4. The number of nitrogens with zero attached hydrogens (tertiary/aromatic N) is 6. The molecule has 20 atom stereocenters. The summed E-state index contributed by atoms with van der Waals surface area (Å²) in [7, 11) is 12.8. The van der Waals surface area contributed by atoms with Gasteiger partial charge in [0.15, 0.2) is 11.2 Å². The lowest BCUT2D eigenvalue weighted by Crippen LogP contribution is -2.81. The molecule has 2 aromatic heterocycles. The number of aliphatic hydroxyl groups excluding tert-OH is 2. The van der Waals surface area contributed by atoms with E-state index in [1.807, 2.05) is 112 Å². The molecule has 24 nitrogen and oxygen atoms in total. The Morgan fingerprint density at radius 3 is 1.31 bits per heavy atom. The van der Waals surface area contributed by atoms with E-state index < -0.39 is 103 Å². The van der Waals surface area contributed by atoms with E-state index >= 15 is 19.2 Å². The van der Waals surface area contributed by atoms with Gasteiger partial charge in [-0.25, -0.2) is 0 Å². The average Bonchev–Trinajstić information content (AvgIpc) is 1.48. The molecule has 18 rings (SSSR count). The Morgan fingerprint density at radius 2 is 0.931 bits per heavy atom.